The van der Waals surface area contributed by atoms with E-state index >= 15 is 0 Å². The zero-order valence-corrected chi connectivity index (χ0v) is 26.2. The van der Waals surface area contributed by atoms with E-state index in [9.17, 15) is 39.6 Å². The molecule has 0 bridgehead atoms. The fourth-order valence-corrected chi connectivity index (χ4v) is 7.40. The molecule has 3 aromatic rings. The number of fused-ring (bicyclic) bond motifs is 4. The van der Waals surface area contributed by atoms with Gasteiger partial charge in [-0.05, 0) is 55.9 Å². The van der Waals surface area contributed by atoms with E-state index in [4.69, 9.17) is 5.73 Å². The van der Waals surface area contributed by atoms with Gasteiger partial charge in [0.1, 0.15) is 17.1 Å². The fourth-order valence-electron chi connectivity index (χ4n) is 7.40. The first-order valence-electron chi connectivity index (χ1n) is 14.9. The fraction of sp³-hybridized carbons (Fsp3) is 0.294. The Hall–Kier alpha value is -5.40. The molecule has 3 aromatic carbocycles. The van der Waals surface area contributed by atoms with Gasteiger partial charge in [-0.2, -0.15) is 0 Å². The zero-order chi connectivity index (χ0) is 34.1. The van der Waals surface area contributed by atoms with Crippen LogP contribution in [-0.4, -0.2) is 88.7 Å². The van der Waals surface area contributed by atoms with E-state index in [0.717, 1.165) is 10.8 Å². The van der Waals surface area contributed by atoms with Gasteiger partial charge in [-0.15, -0.1) is 0 Å². The Balaban J connectivity index is 1.45. The highest BCUT2D eigenvalue weighted by Crippen LogP contribution is 2.54. The molecular weight excluding hydrogens is 606 g/mol. The van der Waals surface area contributed by atoms with E-state index in [2.05, 4.69) is 10.6 Å². The van der Waals surface area contributed by atoms with Crippen LogP contribution in [0.15, 0.2) is 65.4 Å². The maximum Gasteiger partial charge on any atom is 0.323 e. The number of hydrogen-bond donors (Lipinski definition) is 7. The van der Waals surface area contributed by atoms with Crippen molar-refractivity contribution in [3.63, 3.8) is 0 Å². The highest BCUT2D eigenvalue weighted by molar-refractivity contribution is 6.24. The van der Waals surface area contributed by atoms with Gasteiger partial charge in [0.15, 0.2) is 17.1 Å². The number of aromatic hydroxyl groups is 1. The van der Waals surface area contributed by atoms with Crippen LogP contribution in [0.1, 0.15) is 17.5 Å². The molecule has 4 atom stereocenters. The van der Waals surface area contributed by atoms with E-state index in [0.29, 0.717) is 16.9 Å². The standard InChI is InChI=1S/C34H35N5O8/c1-38(2)22-14-21(37-33(46)36-20-11-7-9-15-8-5-6-10-17(15)20)27(40)24-18(22)12-16-13-19-26(39(3)4)29(42)25(32(35)45)31(44)34(19,47)30(43)23(16)28(24)41/h5-11,14,16,19,26,40-41,44,47H,12-13H2,1-4H3,(H2,35,45)(H2,36,37,46)/t16?,19?,26-,34-/m0/s1. The number of nitrogens with one attached hydrogen (secondary N) is 2. The van der Waals surface area contributed by atoms with E-state index in [1.54, 1.807) is 51.3 Å². The maximum atomic E-state index is 14.2. The average molecular weight is 642 g/mol. The zero-order valence-electron chi connectivity index (χ0n) is 26.2. The topological polar surface area (TPSA) is 206 Å². The van der Waals surface area contributed by atoms with Crippen LogP contribution < -0.4 is 21.3 Å². The van der Waals surface area contributed by atoms with Crippen molar-refractivity contribution in [3.05, 3.63) is 76.6 Å². The molecule has 2 unspecified atom stereocenters. The number of anilines is 3. The summed E-state index contributed by atoms with van der Waals surface area (Å²) >= 11 is 0. The van der Waals surface area contributed by atoms with Crippen molar-refractivity contribution < 1.29 is 39.6 Å². The summed E-state index contributed by atoms with van der Waals surface area (Å²) < 4.78 is 0. The highest BCUT2D eigenvalue weighted by Gasteiger charge is 2.64. The van der Waals surface area contributed by atoms with Gasteiger partial charge < -0.3 is 41.7 Å². The lowest BCUT2D eigenvalue weighted by atomic mass is 9.57. The number of nitrogens with two attached hydrogens (primary N) is 1. The minimum atomic E-state index is -2.75. The summed E-state index contributed by atoms with van der Waals surface area (Å²) in [4.78, 5) is 56.1. The van der Waals surface area contributed by atoms with E-state index in [1.807, 2.05) is 30.3 Å². The molecule has 1 fully saturated rings. The first-order chi connectivity index (χ1) is 22.2. The Morgan fingerprint density at radius 2 is 1.62 bits per heavy atom. The molecule has 0 aliphatic heterocycles. The number of carbonyl (C=O) groups excluding carboxylic acids is 4. The Labute approximate surface area is 269 Å². The van der Waals surface area contributed by atoms with Crippen LogP contribution in [0.5, 0.6) is 5.75 Å². The lowest BCUT2D eigenvalue weighted by Crippen LogP contribution is -2.65. The van der Waals surface area contributed by atoms with E-state index in [-0.39, 0.29) is 29.7 Å². The molecular formula is C34H35N5O8. The average Bonchev–Trinajstić information content (AvgIpc) is 3.00. The lowest BCUT2D eigenvalue weighted by molar-refractivity contribution is -0.153. The Kier molecular flexibility index (Phi) is 7.48. The third kappa shape index (κ3) is 4.69. The second kappa shape index (κ2) is 11.1. The second-order valence-corrected chi connectivity index (χ2v) is 12.6. The van der Waals surface area contributed by atoms with Gasteiger partial charge >= 0.3 is 6.03 Å². The molecule has 244 valence electrons. The molecule has 0 aromatic heterocycles. The van der Waals surface area contributed by atoms with E-state index < -0.39 is 69.8 Å². The minimum Gasteiger partial charge on any atom is -0.508 e. The van der Waals surface area contributed by atoms with Crippen molar-refractivity contribution in [2.45, 2.75) is 24.5 Å². The molecule has 1 saturated carbocycles. The number of hydrogen-bond acceptors (Lipinski definition) is 10. The molecule has 0 heterocycles. The molecule has 3 aliphatic carbocycles. The summed E-state index contributed by atoms with van der Waals surface area (Å²) in [6, 6.07) is 12.6. The first kappa shape index (κ1) is 31.6. The van der Waals surface area contributed by atoms with Crippen molar-refractivity contribution >= 4 is 57.1 Å². The summed E-state index contributed by atoms with van der Waals surface area (Å²) in [6.45, 7) is 0. The second-order valence-electron chi connectivity index (χ2n) is 12.6. The number of amides is 3. The van der Waals surface area contributed by atoms with Crippen LogP contribution in [0.3, 0.4) is 0 Å². The number of benzene rings is 3. The highest BCUT2D eigenvalue weighted by atomic mass is 16.3. The van der Waals surface area contributed by atoms with Crippen molar-refractivity contribution in [3.8, 4) is 5.75 Å². The van der Waals surface area contributed by atoms with Gasteiger partial charge in [0.05, 0.1) is 23.0 Å². The number of nitrogens with zero attached hydrogens (tertiary/aromatic N) is 2. The largest absolute Gasteiger partial charge is 0.508 e. The Morgan fingerprint density at radius 1 is 0.957 bits per heavy atom. The maximum absolute atomic E-state index is 14.2. The smallest absolute Gasteiger partial charge is 0.323 e. The Bertz CT molecular complexity index is 1960. The van der Waals surface area contributed by atoms with Crippen LogP contribution in [0.25, 0.3) is 16.5 Å². The molecule has 47 heavy (non-hydrogen) atoms. The van der Waals surface area contributed by atoms with Crippen LogP contribution in [0.4, 0.5) is 21.9 Å². The van der Waals surface area contributed by atoms with Crippen molar-refractivity contribution in [1.29, 1.82) is 0 Å². The molecule has 6 rings (SSSR count). The number of carbonyl (C=O) groups is 4. The molecule has 8 N–H and O–H groups in total. The summed E-state index contributed by atoms with van der Waals surface area (Å²) in [7, 11) is 6.56. The van der Waals surface area contributed by atoms with Crippen molar-refractivity contribution in [2.75, 3.05) is 43.7 Å². The van der Waals surface area contributed by atoms with Crippen LogP contribution >= 0.6 is 0 Å². The summed E-state index contributed by atoms with van der Waals surface area (Å²) in [6.07, 6.45) is 0.0743. The van der Waals surface area contributed by atoms with E-state index in [1.165, 1.54) is 4.90 Å². The quantitative estimate of drug-likeness (QED) is 0.160. The number of Topliss-reactive ketones (excluding diaryl/α,β-unsaturated/α-hetero) is 2. The number of primary amides is 1. The van der Waals surface area contributed by atoms with Crippen LogP contribution in [0.2, 0.25) is 0 Å². The number of likely N-dealkylation sites (N-methyl/N-ethyl adjacent to an activating group) is 1. The monoisotopic (exact) mass is 641 g/mol. The molecule has 0 saturated heterocycles. The van der Waals surface area contributed by atoms with Crippen LogP contribution in [0, 0.1) is 11.8 Å². The predicted molar refractivity (Wildman–Crippen MR) is 175 cm³/mol. The number of ketones is 2. The van der Waals surface area contributed by atoms with Gasteiger partial charge in [0.25, 0.3) is 5.91 Å². The normalized spacial score (nSPS) is 23.7. The third-order valence-electron chi connectivity index (χ3n) is 9.47. The molecule has 13 nitrogen and oxygen atoms in total. The van der Waals surface area contributed by atoms with Crippen molar-refractivity contribution in [2.24, 2.45) is 17.6 Å². The number of aliphatic hydroxyl groups is 3. The van der Waals surface area contributed by atoms with Crippen molar-refractivity contribution in [1.82, 2.24) is 4.90 Å². The molecule has 0 radical (unpaired) electrons. The number of phenols is 1. The predicted octanol–water partition coefficient (Wildman–Crippen LogP) is 2.83. The first-order valence-corrected chi connectivity index (χ1v) is 14.9. The molecule has 3 aliphatic rings. The van der Waals surface area contributed by atoms with Gasteiger partial charge in [-0.3, -0.25) is 19.3 Å². The van der Waals surface area contributed by atoms with Gasteiger partial charge in [-0.1, -0.05) is 36.4 Å². The summed E-state index contributed by atoms with van der Waals surface area (Å²) in [5.41, 5.74) is 2.81. The summed E-state index contributed by atoms with van der Waals surface area (Å²) in [5.74, 6) is -7.49. The molecule has 0 spiro atoms. The SMILES string of the molecule is CN(C)c1cc(NC(=O)Nc2cccc3ccccc23)c(O)c2c1CC1CC3[C@H](N(C)C)C(=O)C(C(N)=O)=C(O)[C@@]3(O)C(=O)C1=C2O. The number of aliphatic hydroxyl groups excluding tert-OH is 2. The van der Waals surface area contributed by atoms with Gasteiger partial charge in [0.2, 0.25) is 5.78 Å². The van der Waals surface area contributed by atoms with Gasteiger partial charge in [-0.25, -0.2) is 4.79 Å². The van der Waals surface area contributed by atoms with Gasteiger partial charge in [0, 0.05) is 36.7 Å². The lowest BCUT2D eigenvalue weighted by Gasteiger charge is -2.50. The number of rotatable bonds is 5. The third-order valence-corrected chi connectivity index (χ3v) is 9.47. The van der Waals surface area contributed by atoms with Crippen LogP contribution in [-0.2, 0) is 20.8 Å². The number of phenolic OH excluding ortho intramolecular Hbond substituents is 1. The molecule has 13 heteroatoms. The molecule has 3 amide bonds. The Morgan fingerprint density at radius 3 is 2.28 bits per heavy atom. The summed E-state index contributed by atoms with van der Waals surface area (Å²) in [5, 5.41) is 53.2. The minimum absolute atomic E-state index is 0.0349. The number of urea groups is 1.